The van der Waals surface area contributed by atoms with Crippen LogP contribution in [0, 0.1) is 37.5 Å². The zero-order valence-corrected chi connectivity index (χ0v) is 25.4. The molecule has 12 heteroatoms. The van der Waals surface area contributed by atoms with Crippen LogP contribution in [0.5, 0.6) is 0 Å². The molecular weight excluding hydrogens is 566 g/mol. The van der Waals surface area contributed by atoms with E-state index in [1.165, 1.54) is 29.3 Å². The van der Waals surface area contributed by atoms with Crippen LogP contribution < -0.4 is 26.8 Å². The van der Waals surface area contributed by atoms with Crippen LogP contribution in [0.1, 0.15) is 73.7 Å². The first-order chi connectivity index (χ1) is 21.0. The molecule has 2 aromatic rings. The molecule has 236 valence electrons. The molecule has 4 amide bonds. The number of pyridine rings is 1. The molecule has 4 aliphatic carbocycles. The minimum absolute atomic E-state index is 0.0791. The smallest absolute Gasteiger partial charge is 0.287 e. The number of nitrogens with one attached hydrogen (secondary N) is 4. The van der Waals surface area contributed by atoms with E-state index in [1.807, 2.05) is 0 Å². The fourth-order valence-electron chi connectivity index (χ4n) is 7.53. The Morgan fingerprint density at radius 2 is 1.70 bits per heavy atom. The van der Waals surface area contributed by atoms with Gasteiger partial charge in [0.2, 0.25) is 17.6 Å². The third-order valence-corrected chi connectivity index (χ3v) is 9.30. The van der Waals surface area contributed by atoms with E-state index in [1.54, 1.807) is 26.8 Å². The Morgan fingerprint density at radius 1 is 1.02 bits per heavy atom. The highest BCUT2D eigenvalue weighted by atomic mass is 16.3. The molecular formula is C32H41N5O7. The maximum absolute atomic E-state index is 13.4. The van der Waals surface area contributed by atoms with E-state index < -0.39 is 35.1 Å². The van der Waals surface area contributed by atoms with Crippen molar-refractivity contribution in [1.82, 2.24) is 20.5 Å². The zero-order valence-electron chi connectivity index (χ0n) is 25.4. The van der Waals surface area contributed by atoms with E-state index in [0.29, 0.717) is 23.4 Å². The Bertz CT molecular complexity index is 1480. The molecule has 0 aromatic carbocycles. The Labute approximate surface area is 255 Å². The van der Waals surface area contributed by atoms with Crippen LogP contribution in [0.2, 0.25) is 0 Å². The number of Topliss-reactive ketones (excluding diaryl/α,β-unsaturated/α-hetero) is 1. The maximum atomic E-state index is 13.4. The summed E-state index contributed by atoms with van der Waals surface area (Å²) in [6, 6.07) is 3.39. The average Bonchev–Trinajstić information content (AvgIpc) is 3.32. The number of nitrogens with zero attached hydrogens (tertiary/aromatic N) is 1. The second-order valence-corrected chi connectivity index (χ2v) is 12.5. The molecule has 0 aliphatic heterocycles. The predicted molar refractivity (Wildman–Crippen MR) is 161 cm³/mol. The first-order valence-corrected chi connectivity index (χ1v) is 15.5. The third kappa shape index (κ3) is 6.95. The number of carbonyl (C=O) groups is 5. The summed E-state index contributed by atoms with van der Waals surface area (Å²) >= 11 is 0. The minimum atomic E-state index is -1.25. The van der Waals surface area contributed by atoms with Crippen LogP contribution in [-0.4, -0.2) is 52.6 Å². The number of aryl methyl sites for hydroxylation is 2. The van der Waals surface area contributed by atoms with Crippen LogP contribution in [0.25, 0.3) is 0 Å². The summed E-state index contributed by atoms with van der Waals surface area (Å²) in [7, 11) is 0. The van der Waals surface area contributed by atoms with Gasteiger partial charge in [-0.25, -0.2) is 0 Å². The Balaban J connectivity index is 1.25. The van der Waals surface area contributed by atoms with Crippen LogP contribution in [0.15, 0.2) is 33.6 Å². The molecule has 4 fully saturated rings. The molecule has 4 saturated carbocycles. The largest absolute Gasteiger partial charge is 0.466 e. The third-order valence-electron chi connectivity index (χ3n) is 9.30. The highest BCUT2D eigenvalue weighted by molar-refractivity contribution is 6.36. The summed E-state index contributed by atoms with van der Waals surface area (Å²) in [6.07, 6.45) is 6.95. The van der Waals surface area contributed by atoms with Crippen molar-refractivity contribution >= 4 is 35.1 Å². The number of amides is 4. The first kappa shape index (κ1) is 31.2. The fourth-order valence-corrected chi connectivity index (χ4v) is 7.53. The topological polar surface area (TPSA) is 169 Å². The summed E-state index contributed by atoms with van der Waals surface area (Å²) < 4.78 is 6.66. The number of hydrogen-bond donors (Lipinski definition) is 4. The molecule has 44 heavy (non-hydrogen) atoms. The molecule has 0 unspecified atom stereocenters. The van der Waals surface area contributed by atoms with E-state index in [2.05, 4.69) is 21.3 Å². The second-order valence-electron chi connectivity index (χ2n) is 12.5. The minimum Gasteiger partial charge on any atom is -0.466 e. The summed E-state index contributed by atoms with van der Waals surface area (Å²) in [6.45, 7) is 5.05. The van der Waals surface area contributed by atoms with E-state index in [4.69, 9.17) is 4.42 Å². The number of carbonyl (C=O) groups excluding carboxylic acids is 5. The van der Waals surface area contributed by atoms with Gasteiger partial charge in [0.05, 0.1) is 5.56 Å². The number of ketones is 1. The Hall–Kier alpha value is -4.22. The Morgan fingerprint density at radius 3 is 2.32 bits per heavy atom. The van der Waals surface area contributed by atoms with Crippen LogP contribution in [-0.2, 0) is 25.7 Å². The molecule has 4 N–H and O–H groups in total. The van der Waals surface area contributed by atoms with Gasteiger partial charge >= 0.3 is 0 Å². The lowest BCUT2D eigenvalue weighted by Crippen LogP contribution is -2.56. The van der Waals surface area contributed by atoms with Crippen molar-refractivity contribution < 1.29 is 28.4 Å². The number of aromatic nitrogens is 1. The van der Waals surface area contributed by atoms with Gasteiger partial charge in [0.15, 0.2) is 0 Å². The summed E-state index contributed by atoms with van der Waals surface area (Å²) in [5.41, 5.74) is -0.432. The monoisotopic (exact) mass is 607 g/mol. The van der Waals surface area contributed by atoms with Crippen molar-refractivity contribution in [2.45, 2.75) is 84.3 Å². The molecule has 4 bridgehead atoms. The SMILES string of the molecule is CCNC(=O)C(=O)CC[C@H](NC(=O)c1cc(C)oc1C)C(=O)Nc1cccn(CC(=O)NC2C3CC4CC(C3)CC2C4)c1=O. The zero-order chi connectivity index (χ0) is 31.5. The molecule has 0 spiro atoms. The van der Waals surface area contributed by atoms with Gasteiger partial charge in [0.1, 0.15) is 29.8 Å². The first-order valence-electron chi connectivity index (χ1n) is 15.5. The molecule has 0 radical (unpaired) electrons. The number of anilines is 1. The average molecular weight is 608 g/mol. The van der Waals surface area contributed by atoms with Gasteiger partial charge in [-0.3, -0.25) is 28.8 Å². The number of likely N-dealkylation sites (N-methyl/N-ethyl adjacent to an activating group) is 1. The van der Waals surface area contributed by atoms with Gasteiger partial charge in [-0.15, -0.1) is 0 Å². The quantitative estimate of drug-likeness (QED) is 0.268. The van der Waals surface area contributed by atoms with Crippen molar-refractivity contribution in [2.24, 2.45) is 23.7 Å². The summed E-state index contributed by atoms with van der Waals surface area (Å²) in [4.78, 5) is 76.9. The standard InChI is InChI=1S/C32H41N5O7/c1-4-33-31(42)26(38)8-7-24(34-29(40)23-10-17(2)44-18(23)3)30(41)35-25-6-5-9-37(32(25)43)16-27(39)36-28-21-12-19-11-20(14-21)15-22(28)13-19/h5-6,9-10,19-22,24,28H,4,7-8,11-16H2,1-3H3,(H,33,42)(H,34,40)(H,35,41)(H,36,39)/t19?,20?,21?,22?,24-,28?/m0/s1. The molecule has 2 aromatic heterocycles. The Kier molecular flexibility index (Phi) is 9.36. The highest BCUT2D eigenvalue weighted by Crippen LogP contribution is 2.53. The van der Waals surface area contributed by atoms with Gasteiger partial charge in [-0.1, -0.05) is 0 Å². The van der Waals surface area contributed by atoms with E-state index in [-0.39, 0.29) is 49.1 Å². The number of furan rings is 1. The van der Waals surface area contributed by atoms with Crippen LogP contribution in [0.4, 0.5) is 5.69 Å². The van der Waals surface area contributed by atoms with Crippen molar-refractivity contribution in [2.75, 3.05) is 11.9 Å². The molecule has 1 atom stereocenters. The normalized spacial score (nSPS) is 23.9. The van der Waals surface area contributed by atoms with Gasteiger partial charge in [0, 0.05) is 25.2 Å². The summed E-state index contributed by atoms with van der Waals surface area (Å²) in [5, 5.41) is 10.8. The molecule has 4 aliphatic rings. The lowest BCUT2D eigenvalue weighted by atomic mass is 9.54. The molecule has 6 rings (SSSR count). The van der Waals surface area contributed by atoms with Crippen molar-refractivity contribution in [3.05, 3.63) is 51.8 Å². The van der Waals surface area contributed by atoms with Crippen LogP contribution >= 0.6 is 0 Å². The second kappa shape index (κ2) is 13.2. The number of rotatable bonds is 12. The predicted octanol–water partition coefficient (Wildman–Crippen LogP) is 2.22. The highest BCUT2D eigenvalue weighted by Gasteiger charge is 2.48. The summed E-state index contributed by atoms with van der Waals surface area (Å²) in [5.74, 6) is 0.325. The molecule has 0 saturated heterocycles. The van der Waals surface area contributed by atoms with Gasteiger partial charge in [-0.2, -0.15) is 0 Å². The lowest BCUT2D eigenvalue weighted by molar-refractivity contribution is -0.138. The fraction of sp³-hybridized carbons (Fsp3) is 0.562. The van der Waals surface area contributed by atoms with Crippen molar-refractivity contribution in [1.29, 1.82) is 0 Å². The number of hydrogen-bond acceptors (Lipinski definition) is 7. The van der Waals surface area contributed by atoms with E-state index >= 15 is 0 Å². The van der Waals surface area contributed by atoms with E-state index in [9.17, 15) is 28.8 Å². The molecule has 12 nitrogen and oxygen atoms in total. The van der Waals surface area contributed by atoms with Gasteiger partial charge < -0.3 is 30.3 Å². The van der Waals surface area contributed by atoms with Crippen molar-refractivity contribution in [3.8, 4) is 0 Å². The van der Waals surface area contributed by atoms with E-state index in [0.717, 1.165) is 37.5 Å². The van der Waals surface area contributed by atoms with Crippen LogP contribution in [0.3, 0.4) is 0 Å². The lowest BCUT2D eigenvalue weighted by Gasteiger charge is -2.54. The molecule has 2 heterocycles. The van der Waals surface area contributed by atoms with Gasteiger partial charge in [0.25, 0.3) is 17.4 Å². The van der Waals surface area contributed by atoms with Gasteiger partial charge in [-0.05, 0) is 101 Å². The van der Waals surface area contributed by atoms with Crippen molar-refractivity contribution in [3.63, 3.8) is 0 Å². The maximum Gasteiger partial charge on any atom is 0.287 e.